The van der Waals surface area contributed by atoms with E-state index in [1.54, 1.807) is 0 Å². The fourth-order valence-electron chi connectivity index (χ4n) is 1.84. The van der Waals surface area contributed by atoms with Gasteiger partial charge in [-0.3, -0.25) is 0 Å². The molecule has 1 aliphatic heterocycles. The molecule has 1 heterocycles. The maximum atomic E-state index is 6.00. The predicted octanol–water partition coefficient (Wildman–Crippen LogP) is 4.87. The lowest BCUT2D eigenvalue weighted by Crippen LogP contribution is -2.39. The second kappa shape index (κ2) is 6.24. The van der Waals surface area contributed by atoms with Crippen LogP contribution in [-0.2, 0) is 9.16 Å². The van der Waals surface area contributed by atoms with Crippen molar-refractivity contribution in [3.63, 3.8) is 0 Å². The number of allylic oxidation sites excluding steroid dienone is 1. The third-order valence-electron chi connectivity index (χ3n) is 4.24. The lowest BCUT2D eigenvalue weighted by Gasteiger charge is -2.35. The van der Waals surface area contributed by atoms with Crippen LogP contribution in [0, 0.1) is 0 Å². The van der Waals surface area contributed by atoms with Crippen LogP contribution in [-0.4, -0.2) is 20.5 Å². The van der Waals surface area contributed by atoms with Crippen molar-refractivity contribution < 1.29 is 9.16 Å². The summed E-state index contributed by atoms with van der Waals surface area (Å²) in [5, 5.41) is 0.279. The topological polar surface area (TPSA) is 18.5 Å². The monoisotopic (exact) mass is 270 g/mol. The summed E-state index contributed by atoms with van der Waals surface area (Å²) in [5.41, 5.74) is 0. The zero-order chi connectivity index (χ0) is 13.8. The van der Waals surface area contributed by atoms with Crippen LogP contribution < -0.4 is 0 Å². The Morgan fingerprint density at radius 2 is 1.94 bits per heavy atom. The van der Waals surface area contributed by atoms with Crippen LogP contribution in [0.15, 0.2) is 12.3 Å². The minimum Gasteiger partial charge on any atom is -0.549 e. The molecule has 0 aliphatic carbocycles. The fourth-order valence-corrected chi connectivity index (χ4v) is 2.63. The quantitative estimate of drug-likeness (QED) is 0.524. The van der Waals surface area contributed by atoms with Gasteiger partial charge in [-0.2, -0.15) is 0 Å². The second-order valence-electron chi connectivity index (χ2n) is 6.97. The normalized spacial score (nSPS) is 25.9. The van der Waals surface area contributed by atoms with Crippen LogP contribution in [0.1, 0.15) is 53.4 Å². The van der Waals surface area contributed by atoms with E-state index in [1.165, 1.54) is 12.8 Å². The maximum absolute atomic E-state index is 6.00. The Morgan fingerprint density at radius 1 is 1.28 bits per heavy atom. The highest BCUT2D eigenvalue weighted by Gasteiger charge is 2.37. The molecule has 0 N–H and O–H groups in total. The van der Waals surface area contributed by atoms with Crippen molar-refractivity contribution in [1.29, 1.82) is 0 Å². The highest BCUT2D eigenvalue weighted by atomic mass is 28.4. The molecule has 1 fully saturated rings. The minimum absolute atomic E-state index is 0.279. The molecule has 0 saturated carbocycles. The van der Waals surface area contributed by atoms with Crippen molar-refractivity contribution in [3.05, 3.63) is 12.3 Å². The third-order valence-corrected chi connectivity index (χ3v) is 8.58. The molecule has 3 heteroatoms. The Kier molecular flexibility index (Phi) is 5.47. The molecule has 2 atom stereocenters. The van der Waals surface area contributed by atoms with Gasteiger partial charge in [-0.15, -0.1) is 0 Å². The maximum Gasteiger partial charge on any atom is 0.249 e. The number of hydrogen-bond acceptors (Lipinski definition) is 2. The molecule has 0 aromatic carbocycles. The summed E-state index contributed by atoms with van der Waals surface area (Å²) in [6, 6.07) is 0. The first-order valence-corrected chi connectivity index (χ1v) is 10.1. The van der Waals surface area contributed by atoms with E-state index in [4.69, 9.17) is 9.16 Å². The molecule has 1 saturated heterocycles. The van der Waals surface area contributed by atoms with Crippen molar-refractivity contribution in [1.82, 2.24) is 0 Å². The van der Waals surface area contributed by atoms with Gasteiger partial charge in [-0.05, 0) is 50.7 Å². The van der Waals surface area contributed by atoms with Gasteiger partial charge in [-0.25, -0.2) is 0 Å². The number of ether oxygens (including phenoxy) is 1. The summed E-state index contributed by atoms with van der Waals surface area (Å²) in [5.74, 6) is 0. The summed E-state index contributed by atoms with van der Waals surface area (Å²) in [7, 11) is -1.62. The Morgan fingerprint density at radius 3 is 2.44 bits per heavy atom. The molecule has 2 unspecified atom stereocenters. The van der Waals surface area contributed by atoms with Crippen LogP contribution in [0.3, 0.4) is 0 Å². The van der Waals surface area contributed by atoms with Crippen LogP contribution in [0.5, 0.6) is 0 Å². The molecule has 0 spiro atoms. The van der Waals surface area contributed by atoms with Gasteiger partial charge in [0.05, 0.1) is 18.5 Å². The van der Waals surface area contributed by atoms with Crippen LogP contribution in [0.25, 0.3) is 0 Å². The van der Waals surface area contributed by atoms with Gasteiger partial charge in [-0.1, -0.05) is 26.8 Å². The van der Waals surface area contributed by atoms with Crippen molar-refractivity contribution in [2.24, 2.45) is 0 Å². The summed E-state index contributed by atoms with van der Waals surface area (Å²) < 4.78 is 11.8. The molecular weight excluding hydrogens is 240 g/mol. The van der Waals surface area contributed by atoms with Gasteiger partial charge in [0.15, 0.2) is 0 Å². The van der Waals surface area contributed by atoms with Gasteiger partial charge < -0.3 is 9.16 Å². The molecule has 18 heavy (non-hydrogen) atoms. The average Bonchev–Trinajstić information content (AvgIpc) is 2.62. The molecule has 0 aromatic heterocycles. The van der Waals surface area contributed by atoms with Crippen LogP contribution in [0.2, 0.25) is 18.1 Å². The van der Waals surface area contributed by atoms with Gasteiger partial charge in [0.1, 0.15) is 0 Å². The molecular formula is C15H30O2Si. The van der Waals surface area contributed by atoms with E-state index in [0.29, 0.717) is 12.2 Å². The molecule has 0 amide bonds. The lowest BCUT2D eigenvalue weighted by molar-refractivity contribution is 0.0516. The molecule has 0 bridgehead atoms. The van der Waals surface area contributed by atoms with Crippen LogP contribution >= 0.6 is 0 Å². The first kappa shape index (κ1) is 15.8. The number of hydrogen-bond donors (Lipinski definition) is 0. The van der Waals surface area contributed by atoms with Gasteiger partial charge in [0, 0.05) is 0 Å². The Bertz CT molecular complexity index is 279. The van der Waals surface area contributed by atoms with E-state index in [0.717, 1.165) is 12.8 Å². The average molecular weight is 270 g/mol. The largest absolute Gasteiger partial charge is 0.549 e. The Labute approximate surface area is 114 Å². The molecule has 0 radical (unpaired) electrons. The lowest BCUT2D eigenvalue weighted by atomic mass is 10.1. The van der Waals surface area contributed by atoms with Crippen LogP contribution in [0.4, 0.5) is 0 Å². The molecule has 0 aromatic rings. The van der Waals surface area contributed by atoms with Gasteiger partial charge in [0.2, 0.25) is 8.32 Å². The summed E-state index contributed by atoms with van der Waals surface area (Å²) in [4.78, 5) is 0. The summed E-state index contributed by atoms with van der Waals surface area (Å²) >= 11 is 0. The van der Waals surface area contributed by atoms with E-state index in [9.17, 15) is 0 Å². The summed E-state index contributed by atoms with van der Waals surface area (Å²) in [6.07, 6.45) is 9.64. The SMILES string of the molecule is CC1CCC(CC/C=C/O[Si](C)(C)C(C)(C)C)O1. The van der Waals surface area contributed by atoms with Gasteiger partial charge in [0.25, 0.3) is 0 Å². The number of rotatable bonds is 5. The predicted molar refractivity (Wildman–Crippen MR) is 80.2 cm³/mol. The van der Waals surface area contributed by atoms with E-state index >= 15 is 0 Å². The van der Waals surface area contributed by atoms with E-state index < -0.39 is 8.32 Å². The smallest absolute Gasteiger partial charge is 0.249 e. The Hall–Kier alpha value is -0.283. The van der Waals surface area contributed by atoms with Gasteiger partial charge >= 0.3 is 0 Å². The standard InChI is InChI=1S/C15H30O2Si/c1-13-10-11-14(17-13)9-7-8-12-16-18(5,6)15(2,3)4/h8,12-14H,7,9-11H2,1-6H3/b12-8+. The van der Waals surface area contributed by atoms with Crippen molar-refractivity contribution in [3.8, 4) is 0 Å². The first-order chi connectivity index (χ1) is 8.22. The molecule has 1 rings (SSSR count). The Balaban J connectivity index is 2.22. The first-order valence-electron chi connectivity index (χ1n) is 7.20. The van der Waals surface area contributed by atoms with E-state index in [-0.39, 0.29) is 5.04 Å². The molecule has 2 nitrogen and oxygen atoms in total. The van der Waals surface area contributed by atoms with E-state index in [1.807, 2.05) is 6.26 Å². The van der Waals surface area contributed by atoms with Crippen molar-refractivity contribution in [2.45, 2.75) is 83.7 Å². The minimum atomic E-state index is -1.62. The second-order valence-corrected chi connectivity index (χ2v) is 11.7. The molecule has 106 valence electrons. The third kappa shape index (κ3) is 4.77. The fraction of sp³-hybridized carbons (Fsp3) is 0.867. The molecule has 1 aliphatic rings. The zero-order valence-corrected chi connectivity index (χ0v) is 14.0. The zero-order valence-electron chi connectivity index (χ0n) is 13.0. The summed E-state index contributed by atoms with van der Waals surface area (Å²) in [6.45, 7) is 13.5. The highest BCUT2D eigenvalue weighted by Crippen LogP contribution is 2.36. The van der Waals surface area contributed by atoms with Crippen molar-refractivity contribution in [2.75, 3.05) is 0 Å². The van der Waals surface area contributed by atoms with Crippen molar-refractivity contribution >= 4 is 8.32 Å². The highest BCUT2D eigenvalue weighted by molar-refractivity contribution is 6.74. The van der Waals surface area contributed by atoms with E-state index in [2.05, 4.69) is 46.9 Å².